The average molecular weight is 907 g/mol. The Bertz CT molecular complexity index is 1490. The number of carbonyl (C=O) groups is 2. The topological polar surface area (TPSA) is 72.8 Å². The average Bonchev–Trinajstić information content (AvgIpc) is 3.32. The van der Waals surface area contributed by atoms with E-state index in [-0.39, 0.29) is 25.2 Å². The molecule has 0 amide bonds. The number of hydrogen-bond acceptors (Lipinski definition) is 5. The summed E-state index contributed by atoms with van der Waals surface area (Å²) in [4.78, 5) is 24.5. The summed E-state index contributed by atoms with van der Waals surface area (Å²) in [7, 11) is 0. The van der Waals surface area contributed by atoms with Gasteiger partial charge in [0.25, 0.3) is 0 Å². The van der Waals surface area contributed by atoms with Crippen molar-refractivity contribution in [2.24, 2.45) is 0 Å². The molecule has 0 saturated heterocycles. The standard InChI is InChI=1S/C61H94O5/c1-3-5-7-9-11-13-15-17-19-21-23-25-27-28-29-30-31-32-34-36-38-40-42-44-46-48-50-52-54-56-61(64)66-59(57-62)58-65-60(63)55-53-51-49-47-45-43-41-39-37-35-33-26-24-22-20-18-16-14-12-10-8-6-4-2/h5-8,11-14,17-20,23-26,28-29,31-32,35-38,42,44,59,62H,3-4,9-10,15-16,21-22,27,30,33-34,39-41,43,45-58H2,1-2H3/b7-5-,8-6-,13-11-,14-12-,19-17-,20-18-,25-23-,26-24-,29-28-,32-31-,37-35-,38-36-,44-42-. The van der Waals surface area contributed by atoms with Crippen LogP contribution < -0.4 is 0 Å². The second-order valence-corrected chi connectivity index (χ2v) is 16.5. The smallest absolute Gasteiger partial charge is 0.306 e. The van der Waals surface area contributed by atoms with Crippen LogP contribution in [-0.2, 0) is 19.1 Å². The number of ether oxygens (including phenoxy) is 2. The highest BCUT2D eigenvalue weighted by molar-refractivity contribution is 5.70. The second kappa shape index (κ2) is 54.9. The molecule has 0 aromatic heterocycles. The van der Waals surface area contributed by atoms with Crippen molar-refractivity contribution in [3.63, 3.8) is 0 Å². The molecule has 0 fully saturated rings. The summed E-state index contributed by atoms with van der Waals surface area (Å²) in [6.07, 6.45) is 84.7. The van der Waals surface area contributed by atoms with Gasteiger partial charge in [-0.1, -0.05) is 217 Å². The Balaban J connectivity index is 3.68. The molecule has 1 unspecified atom stereocenters. The Morgan fingerprint density at radius 1 is 0.348 bits per heavy atom. The minimum atomic E-state index is -0.805. The van der Waals surface area contributed by atoms with Gasteiger partial charge in [-0.2, -0.15) is 0 Å². The molecular formula is C61H94O5. The van der Waals surface area contributed by atoms with Crippen molar-refractivity contribution in [2.45, 2.75) is 200 Å². The highest BCUT2D eigenvalue weighted by Crippen LogP contribution is 2.12. The van der Waals surface area contributed by atoms with E-state index in [1.807, 2.05) is 0 Å². The first-order chi connectivity index (χ1) is 32.6. The molecule has 5 heteroatoms. The van der Waals surface area contributed by atoms with Gasteiger partial charge < -0.3 is 14.6 Å². The van der Waals surface area contributed by atoms with Gasteiger partial charge in [-0.25, -0.2) is 0 Å². The maximum Gasteiger partial charge on any atom is 0.306 e. The van der Waals surface area contributed by atoms with Crippen LogP contribution in [0.3, 0.4) is 0 Å². The molecule has 0 spiro atoms. The van der Waals surface area contributed by atoms with E-state index in [0.717, 1.165) is 141 Å². The molecule has 1 atom stereocenters. The van der Waals surface area contributed by atoms with Crippen LogP contribution in [0.5, 0.6) is 0 Å². The Labute approximate surface area is 405 Å². The van der Waals surface area contributed by atoms with Crippen LogP contribution in [0.4, 0.5) is 0 Å². The van der Waals surface area contributed by atoms with Gasteiger partial charge in [0.2, 0.25) is 0 Å². The van der Waals surface area contributed by atoms with Gasteiger partial charge in [-0.05, 0) is 122 Å². The van der Waals surface area contributed by atoms with Crippen LogP contribution >= 0.6 is 0 Å². The number of aliphatic hydroxyl groups excluding tert-OH is 1. The fraction of sp³-hybridized carbons (Fsp3) is 0.541. The quantitative estimate of drug-likeness (QED) is 0.0374. The summed E-state index contributed by atoms with van der Waals surface area (Å²) in [5.41, 5.74) is 0. The van der Waals surface area contributed by atoms with Crippen LogP contribution in [0.1, 0.15) is 194 Å². The van der Waals surface area contributed by atoms with Crippen LogP contribution in [-0.4, -0.2) is 36.4 Å². The Morgan fingerprint density at radius 3 is 0.909 bits per heavy atom. The van der Waals surface area contributed by atoms with Gasteiger partial charge in [0.05, 0.1) is 6.61 Å². The molecule has 0 aliphatic heterocycles. The maximum absolute atomic E-state index is 12.3. The maximum atomic E-state index is 12.3. The molecule has 368 valence electrons. The Kier molecular flexibility index (Phi) is 51.1. The Morgan fingerprint density at radius 2 is 0.606 bits per heavy atom. The fourth-order valence-corrected chi connectivity index (χ4v) is 6.48. The lowest BCUT2D eigenvalue weighted by Gasteiger charge is -2.15. The van der Waals surface area contributed by atoms with Crippen molar-refractivity contribution < 1.29 is 24.2 Å². The molecule has 5 nitrogen and oxygen atoms in total. The van der Waals surface area contributed by atoms with Gasteiger partial charge in [-0.15, -0.1) is 0 Å². The molecule has 0 aromatic carbocycles. The minimum Gasteiger partial charge on any atom is -0.462 e. The first-order valence-electron chi connectivity index (χ1n) is 26.0. The van der Waals surface area contributed by atoms with Gasteiger partial charge >= 0.3 is 11.9 Å². The molecular weight excluding hydrogens is 813 g/mol. The largest absolute Gasteiger partial charge is 0.462 e. The summed E-state index contributed by atoms with van der Waals surface area (Å²) in [5.74, 6) is -0.647. The van der Waals surface area contributed by atoms with Crippen LogP contribution in [0.2, 0.25) is 0 Å². The Hall–Kier alpha value is -4.48. The first-order valence-corrected chi connectivity index (χ1v) is 26.0. The molecule has 66 heavy (non-hydrogen) atoms. The van der Waals surface area contributed by atoms with E-state index < -0.39 is 6.10 Å². The molecule has 0 heterocycles. The normalized spacial score (nSPS) is 13.6. The molecule has 0 saturated carbocycles. The predicted octanol–water partition coefficient (Wildman–Crippen LogP) is 17.6. The molecule has 0 aliphatic rings. The summed E-state index contributed by atoms with van der Waals surface area (Å²) < 4.78 is 10.7. The first kappa shape index (κ1) is 61.5. The number of hydrogen-bond donors (Lipinski definition) is 1. The fourth-order valence-electron chi connectivity index (χ4n) is 6.48. The van der Waals surface area contributed by atoms with E-state index in [9.17, 15) is 14.7 Å². The molecule has 0 aromatic rings. The summed E-state index contributed by atoms with van der Waals surface area (Å²) in [6, 6.07) is 0. The zero-order valence-electron chi connectivity index (χ0n) is 41.9. The summed E-state index contributed by atoms with van der Waals surface area (Å²) >= 11 is 0. The van der Waals surface area contributed by atoms with Crippen LogP contribution in [0.25, 0.3) is 0 Å². The predicted molar refractivity (Wildman–Crippen MR) is 287 cm³/mol. The number of esters is 2. The third-order valence-electron chi connectivity index (χ3n) is 10.3. The van der Waals surface area contributed by atoms with Crippen molar-refractivity contribution in [1.82, 2.24) is 0 Å². The minimum absolute atomic E-state index is 0.0943. The zero-order chi connectivity index (χ0) is 47.7. The SMILES string of the molecule is CC/C=C\C/C=C\C/C=C\C/C=C\C/C=C\C/C=C\C/C=C\C/C=C\CCCCCCC(=O)OC(CO)COC(=O)CCCCCCCCC/C=C\C/C=C\C/C=C\C/C=C\C/C=C\CC. The van der Waals surface area contributed by atoms with Gasteiger partial charge in [-0.3, -0.25) is 9.59 Å². The second-order valence-electron chi connectivity index (χ2n) is 16.5. The lowest BCUT2D eigenvalue weighted by atomic mass is 10.1. The van der Waals surface area contributed by atoms with Gasteiger partial charge in [0.15, 0.2) is 6.10 Å². The monoisotopic (exact) mass is 907 g/mol. The van der Waals surface area contributed by atoms with E-state index in [1.54, 1.807) is 0 Å². The highest BCUT2D eigenvalue weighted by Gasteiger charge is 2.16. The van der Waals surface area contributed by atoms with Crippen molar-refractivity contribution >= 4 is 11.9 Å². The van der Waals surface area contributed by atoms with E-state index >= 15 is 0 Å². The molecule has 1 N–H and O–H groups in total. The third-order valence-corrected chi connectivity index (χ3v) is 10.3. The number of aliphatic hydroxyl groups is 1. The number of allylic oxidation sites excluding steroid dienone is 26. The van der Waals surface area contributed by atoms with Crippen LogP contribution in [0, 0.1) is 0 Å². The van der Waals surface area contributed by atoms with Crippen molar-refractivity contribution in [1.29, 1.82) is 0 Å². The number of unbranched alkanes of at least 4 members (excludes halogenated alkanes) is 11. The van der Waals surface area contributed by atoms with E-state index in [2.05, 4.69) is 172 Å². The van der Waals surface area contributed by atoms with E-state index in [0.29, 0.717) is 12.8 Å². The summed E-state index contributed by atoms with van der Waals surface area (Å²) in [5, 5.41) is 9.63. The van der Waals surface area contributed by atoms with Gasteiger partial charge in [0.1, 0.15) is 6.61 Å². The molecule has 0 aliphatic carbocycles. The lowest BCUT2D eigenvalue weighted by Crippen LogP contribution is -2.28. The number of carbonyl (C=O) groups excluding carboxylic acids is 2. The zero-order valence-corrected chi connectivity index (χ0v) is 41.9. The summed E-state index contributed by atoms with van der Waals surface area (Å²) in [6.45, 7) is 3.87. The molecule has 0 rings (SSSR count). The van der Waals surface area contributed by atoms with Crippen molar-refractivity contribution in [3.05, 3.63) is 158 Å². The number of rotatable bonds is 45. The van der Waals surface area contributed by atoms with Gasteiger partial charge in [0, 0.05) is 12.8 Å². The lowest BCUT2D eigenvalue weighted by molar-refractivity contribution is -0.161. The van der Waals surface area contributed by atoms with Crippen molar-refractivity contribution in [2.75, 3.05) is 13.2 Å². The van der Waals surface area contributed by atoms with E-state index in [1.165, 1.54) is 25.7 Å². The third kappa shape index (κ3) is 52.1. The highest BCUT2D eigenvalue weighted by atomic mass is 16.6. The van der Waals surface area contributed by atoms with Crippen LogP contribution in [0.15, 0.2) is 158 Å². The van der Waals surface area contributed by atoms with Crippen molar-refractivity contribution in [3.8, 4) is 0 Å². The molecule has 0 bridgehead atoms. The van der Waals surface area contributed by atoms with E-state index in [4.69, 9.17) is 9.47 Å². The molecule has 0 radical (unpaired) electrons.